The van der Waals surface area contributed by atoms with Crippen LogP contribution in [0.25, 0.3) is 11.4 Å². The third-order valence-electron chi connectivity index (χ3n) is 6.31. The molecule has 4 rings (SSSR count). The van der Waals surface area contributed by atoms with Crippen LogP contribution in [0.2, 0.25) is 0 Å². The van der Waals surface area contributed by atoms with E-state index in [0.29, 0.717) is 31.2 Å². The minimum Gasteiger partial charge on any atom is -0.493 e. The van der Waals surface area contributed by atoms with Crippen LogP contribution in [0.4, 0.5) is 26.3 Å². The van der Waals surface area contributed by atoms with E-state index >= 15 is 0 Å². The minimum absolute atomic E-state index is 0.00819. The monoisotopic (exact) mass is 557 g/mol. The van der Waals surface area contributed by atoms with E-state index in [1.165, 1.54) is 23.1 Å². The number of hydrogen-bond donors (Lipinski definition) is 3. The molecule has 1 aromatic heterocycles. The van der Waals surface area contributed by atoms with Gasteiger partial charge in [-0.25, -0.2) is 0 Å². The number of aliphatic hydroxyl groups is 1. The van der Waals surface area contributed by atoms with Crippen molar-refractivity contribution in [1.29, 1.82) is 5.41 Å². The van der Waals surface area contributed by atoms with Gasteiger partial charge in [0.2, 0.25) is 5.82 Å². The fourth-order valence-corrected chi connectivity index (χ4v) is 4.31. The number of nitrogens with one attached hydrogen (secondary N) is 1. The highest BCUT2D eigenvalue weighted by Crippen LogP contribution is 2.39. The van der Waals surface area contributed by atoms with Crippen molar-refractivity contribution >= 4 is 5.96 Å². The molecule has 0 radical (unpaired) electrons. The molecule has 2 heterocycles. The quantitative estimate of drug-likeness (QED) is 0.151. The number of halogens is 6. The van der Waals surface area contributed by atoms with Gasteiger partial charge in [0.05, 0.1) is 23.8 Å². The van der Waals surface area contributed by atoms with Gasteiger partial charge in [-0.1, -0.05) is 17.3 Å². The molecular formula is C25H25F6N5O3. The molecule has 0 bridgehead atoms. The van der Waals surface area contributed by atoms with Crippen molar-refractivity contribution in [1.82, 2.24) is 15.0 Å². The molecule has 1 aliphatic rings. The van der Waals surface area contributed by atoms with E-state index in [2.05, 4.69) is 10.1 Å². The number of nitrogens with zero attached hydrogens (tertiary/aromatic N) is 3. The second kappa shape index (κ2) is 11.1. The van der Waals surface area contributed by atoms with Gasteiger partial charge in [0.25, 0.3) is 5.89 Å². The second-order valence-corrected chi connectivity index (χ2v) is 9.04. The molecule has 14 heteroatoms. The number of guanidine groups is 1. The van der Waals surface area contributed by atoms with Crippen LogP contribution in [0.5, 0.6) is 5.75 Å². The van der Waals surface area contributed by atoms with Crippen LogP contribution < -0.4 is 10.5 Å². The maximum Gasteiger partial charge on any atom is 0.419 e. The average molecular weight is 557 g/mol. The summed E-state index contributed by atoms with van der Waals surface area (Å²) in [6, 6.07) is 7.18. The topological polar surface area (TPSA) is 121 Å². The van der Waals surface area contributed by atoms with E-state index in [1.807, 2.05) is 0 Å². The smallest absolute Gasteiger partial charge is 0.419 e. The maximum absolute atomic E-state index is 13.8. The Labute approximate surface area is 218 Å². The first-order chi connectivity index (χ1) is 18.3. The SMILES string of the molecule is N=C(N)N1CC[C@H](O)[C@H]1c1nc(-c2ccc(OCCCCc3ccc(C(F)(F)F)cc3)c(C(F)(F)F)c2)no1. The Morgan fingerprint density at radius 3 is 2.44 bits per heavy atom. The summed E-state index contributed by atoms with van der Waals surface area (Å²) in [6.45, 7) is 0.253. The summed E-state index contributed by atoms with van der Waals surface area (Å²) in [5.74, 6) is -0.914. The van der Waals surface area contributed by atoms with Crippen LogP contribution in [0.3, 0.4) is 0 Å². The zero-order chi connectivity index (χ0) is 28.4. The number of aliphatic hydroxyl groups excluding tert-OH is 1. The van der Waals surface area contributed by atoms with Crippen molar-refractivity contribution in [3.8, 4) is 17.1 Å². The summed E-state index contributed by atoms with van der Waals surface area (Å²) < 4.78 is 89.9. The maximum atomic E-state index is 13.8. The Balaban J connectivity index is 1.40. The molecule has 2 aromatic carbocycles. The molecular weight excluding hydrogens is 532 g/mol. The van der Waals surface area contributed by atoms with E-state index in [0.717, 1.165) is 24.3 Å². The lowest BCUT2D eigenvalue weighted by Gasteiger charge is -2.22. The van der Waals surface area contributed by atoms with Crippen molar-refractivity contribution in [3.05, 3.63) is 65.0 Å². The van der Waals surface area contributed by atoms with Crippen molar-refractivity contribution in [2.75, 3.05) is 13.2 Å². The lowest BCUT2D eigenvalue weighted by Crippen LogP contribution is -2.37. The molecule has 1 fully saturated rings. The Hall–Kier alpha value is -3.81. The highest BCUT2D eigenvalue weighted by Gasteiger charge is 2.40. The standard InChI is InChI=1S/C25H25F6N5O3/c26-24(27,28)16-7-4-14(5-8-16)3-1-2-12-38-19-9-6-15(13-17(19)25(29,30)31)21-34-22(39-35-21)20-18(37)10-11-36(20)23(32)33/h4-9,13,18,20,37H,1-3,10-12H2,(H3,32,33)/t18-,20-/m0/s1. The predicted octanol–water partition coefficient (Wildman–Crippen LogP) is 5.18. The number of likely N-dealkylation sites (tertiary alicyclic amines) is 1. The minimum atomic E-state index is -4.74. The molecule has 1 aliphatic heterocycles. The predicted molar refractivity (Wildman–Crippen MR) is 127 cm³/mol. The van der Waals surface area contributed by atoms with Gasteiger partial charge in [-0.05, 0) is 61.6 Å². The van der Waals surface area contributed by atoms with Crippen LogP contribution in [0.1, 0.15) is 47.9 Å². The van der Waals surface area contributed by atoms with Gasteiger partial charge in [-0.15, -0.1) is 0 Å². The van der Waals surface area contributed by atoms with E-state index in [9.17, 15) is 31.4 Å². The van der Waals surface area contributed by atoms with Crippen LogP contribution in [-0.2, 0) is 18.8 Å². The molecule has 39 heavy (non-hydrogen) atoms. The number of nitrogens with two attached hydrogens (primary N) is 1. The lowest BCUT2D eigenvalue weighted by molar-refractivity contribution is -0.139. The number of aromatic nitrogens is 2. The summed E-state index contributed by atoms with van der Waals surface area (Å²) in [6.07, 6.45) is -8.47. The highest BCUT2D eigenvalue weighted by molar-refractivity contribution is 5.75. The Kier molecular flexibility index (Phi) is 8.04. The summed E-state index contributed by atoms with van der Waals surface area (Å²) in [7, 11) is 0. The highest BCUT2D eigenvalue weighted by atomic mass is 19.4. The number of benzene rings is 2. The van der Waals surface area contributed by atoms with E-state index < -0.39 is 41.4 Å². The van der Waals surface area contributed by atoms with Gasteiger partial charge in [0.15, 0.2) is 5.96 Å². The summed E-state index contributed by atoms with van der Waals surface area (Å²) in [5, 5.41) is 21.6. The zero-order valence-electron chi connectivity index (χ0n) is 20.4. The number of hydrogen-bond acceptors (Lipinski definition) is 6. The number of rotatable bonds is 8. The third kappa shape index (κ3) is 6.61. The molecule has 0 aliphatic carbocycles. The Morgan fingerprint density at radius 1 is 1.08 bits per heavy atom. The molecule has 2 atom stereocenters. The van der Waals surface area contributed by atoms with Gasteiger partial charge in [-0.3, -0.25) is 5.41 Å². The fraction of sp³-hybridized carbons (Fsp3) is 0.400. The lowest BCUT2D eigenvalue weighted by atomic mass is 10.1. The van der Waals surface area contributed by atoms with Gasteiger partial charge < -0.3 is 25.0 Å². The third-order valence-corrected chi connectivity index (χ3v) is 6.31. The number of ether oxygens (including phenoxy) is 1. The average Bonchev–Trinajstić information content (AvgIpc) is 3.50. The van der Waals surface area contributed by atoms with E-state index in [1.54, 1.807) is 0 Å². The van der Waals surface area contributed by atoms with Gasteiger partial charge in [0, 0.05) is 12.1 Å². The van der Waals surface area contributed by atoms with Crippen LogP contribution in [0.15, 0.2) is 47.0 Å². The molecule has 0 amide bonds. The normalized spacial score (nSPS) is 18.0. The molecule has 4 N–H and O–H groups in total. The molecule has 0 saturated carbocycles. The van der Waals surface area contributed by atoms with Gasteiger partial charge in [-0.2, -0.15) is 31.3 Å². The zero-order valence-corrected chi connectivity index (χ0v) is 20.4. The molecule has 0 spiro atoms. The first-order valence-electron chi connectivity index (χ1n) is 12.0. The molecule has 210 valence electrons. The molecule has 0 unspecified atom stereocenters. The summed E-state index contributed by atoms with van der Waals surface area (Å²) >= 11 is 0. The Morgan fingerprint density at radius 2 is 1.79 bits per heavy atom. The van der Waals surface area contributed by atoms with E-state index in [4.69, 9.17) is 20.4 Å². The number of unbranched alkanes of at least 4 members (excludes halogenated alkanes) is 1. The first kappa shape index (κ1) is 28.2. The largest absolute Gasteiger partial charge is 0.493 e. The first-order valence-corrected chi connectivity index (χ1v) is 12.0. The number of alkyl halides is 6. The fourth-order valence-electron chi connectivity index (χ4n) is 4.31. The van der Waals surface area contributed by atoms with Gasteiger partial charge >= 0.3 is 12.4 Å². The van der Waals surface area contributed by atoms with Crippen molar-refractivity contribution in [3.63, 3.8) is 0 Å². The second-order valence-electron chi connectivity index (χ2n) is 9.04. The summed E-state index contributed by atoms with van der Waals surface area (Å²) in [5.41, 5.74) is 4.43. The van der Waals surface area contributed by atoms with Crippen LogP contribution in [-0.4, -0.2) is 45.4 Å². The van der Waals surface area contributed by atoms with Crippen LogP contribution >= 0.6 is 0 Å². The molecule has 1 saturated heterocycles. The van der Waals surface area contributed by atoms with Crippen molar-refractivity contribution in [2.24, 2.45) is 5.73 Å². The van der Waals surface area contributed by atoms with Gasteiger partial charge in [0.1, 0.15) is 11.8 Å². The van der Waals surface area contributed by atoms with Crippen LogP contribution in [0, 0.1) is 5.41 Å². The Bertz CT molecular complexity index is 1290. The van der Waals surface area contributed by atoms with Crippen molar-refractivity contribution < 1.29 is 40.7 Å². The molecule has 8 nitrogen and oxygen atoms in total. The number of aryl methyl sites for hydroxylation is 1. The van der Waals surface area contributed by atoms with E-state index in [-0.39, 0.29) is 36.4 Å². The molecule has 3 aromatic rings. The van der Waals surface area contributed by atoms with Crippen molar-refractivity contribution in [2.45, 2.75) is 50.2 Å². The summed E-state index contributed by atoms with van der Waals surface area (Å²) in [4.78, 5) is 5.49.